The second-order valence-electron chi connectivity index (χ2n) is 6.00. The zero-order valence-electron chi connectivity index (χ0n) is 14.9. The number of carbonyl (C=O) groups is 1. The molecule has 0 fully saturated rings. The van der Waals surface area contributed by atoms with Gasteiger partial charge >= 0.3 is 5.97 Å². The minimum Gasteiger partial charge on any atom is -0.469 e. The fourth-order valence-corrected chi connectivity index (χ4v) is 2.51. The molecule has 0 bridgehead atoms. The predicted molar refractivity (Wildman–Crippen MR) is 102 cm³/mol. The van der Waals surface area contributed by atoms with Crippen molar-refractivity contribution >= 4 is 23.3 Å². The lowest BCUT2D eigenvalue weighted by Gasteiger charge is -2.16. The Hall–Kier alpha value is -1.66. The van der Waals surface area contributed by atoms with Crippen molar-refractivity contribution in [1.29, 1.82) is 0 Å². The Morgan fingerprint density at radius 1 is 1.12 bits per heavy atom. The number of esters is 1. The number of rotatable bonds is 10. The van der Waals surface area contributed by atoms with Crippen molar-refractivity contribution < 1.29 is 9.53 Å². The minimum atomic E-state index is -0.142. The number of benzene rings is 1. The zero-order chi connectivity index (χ0) is 17.8. The molecule has 24 heavy (non-hydrogen) atoms. The third kappa shape index (κ3) is 8.84. The van der Waals surface area contributed by atoms with Crippen LogP contribution in [0.1, 0.15) is 36.8 Å². The fourth-order valence-electron chi connectivity index (χ4n) is 2.34. The van der Waals surface area contributed by atoms with Crippen LogP contribution >= 0.6 is 12.2 Å². The van der Waals surface area contributed by atoms with E-state index in [1.807, 2.05) is 6.07 Å². The molecule has 0 saturated heterocycles. The normalized spacial score (nSPS) is 10.5. The van der Waals surface area contributed by atoms with Gasteiger partial charge in [-0.1, -0.05) is 30.7 Å². The number of hydrogen-bond acceptors (Lipinski definition) is 4. The fraction of sp³-hybridized carbons (Fsp3) is 0.556. The van der Waals surface area contributed by atoms with Crippen molar-refractivity contribution in [3.63, 3.8) is 0 Å². The molecule has 0 spiro atoms. The third-order valence-electron chi connectivity index (χ3n) is 3.62. The molecule has 0 aliphatic heterocycles. The van der Waals surface area contributed by atoms with Gasteiger partial charge in [0.15, 0.2) is 5.11 Å². The van der Waals surface area contributed by atoms with Crippen LogP contribution in [0, 0.1) is 0 Å². The minimum absolute atomic E-state index is 0.142. The van der Waals surface area contributed by atoms with Gasteiger partial charge < -0.3 is 20.3 Å². The number of carbonyl (C=O) groups excluding carboxylic acids is 1. The second kappa shape index (κ2) is 11.8. The van der Waals surface area contributed by atoms with Crippen molar-refractivity contribution in [3.8, 4) is 0 Å². The molecule has 0 aliphatic carbocycles. The molecule has 1 rings (SSSR count). The Kier molecular flexibility index (Phi) is 10.0. The molecule has 0 saturated carbocycles. The van der Waals surface area contributed by atoms with Crippen molar-refractivity contribution in [3.05, 3.63) is 35.4 Å². The van der Waals surface area contributed by atoms with Crippen LogP contribution in [0.15, 0.2) is 24.3 Å². The summed E-state index contributed by atoms with van der Waals surface area (Å²) in [6, 6.07) is 8.39. The van der Waals surface area contributed by atoms with Gasteiger partial charge in [0.1, 0.15) is 0 Å². The lowest BCUT2D eigenvalue weighted by Crippen LogP contribution is -2.35. The summed E-state index contributed by atoms with van der Waals surface area (Å²) >= 11 is 5.32. The van der Waals surface area contributed by atoms with E-state index in [9.17, 15) is 4.79 Å². The second-order valence-corrected chi connectivity index (χ2v) is 6.41. The molecule has 0 aromatic heterocycles. The lowest BCUT2D eigenvalue weighted by atomic mass is 10.1. The Bertz CT molecular complexity index is 521. The maximum atomic E-state index is 11.0. The van der Waals surface area contributed by atoms with Crippen LogP contribution in [0.4, 0.5) is 0 Å². The molecule has 5 nitrogen and oxygen atoms in total. The van der Waals surface area contributed by atoms with Gasteiger partial charge in [-0.05, 0) is 50.3 Å². The van der Waals surface area contributed by atoms with Gasteiger partial charge in [0, 0.05) is 26.1 Å². The molecule has 1 aromatic rings. The highest BCUT2D eigenvalue weighted by Gasteiger charge is 2.04. The van der Waals surface area contributed by atoms with E-state index in [4.69, 9.17) is 12.2 Å². The smallest absolute Gasteiger partial charge is 0.305 e. The molecule has 1 aromatic carbocycles. The van der Waals surface area contributed by atoms with Gasteiger partial charge in [-0.25, -0.2) is 0 Å². The van der Waals surface area contributed by atoms with Crippen molar-refractivity contribution in [1.82, 2.24) is 15.5 Å². The summed E-state index contributed by atoms with van der Waals surface area (Å²) in [5, 5.41) is 7.14. The summed E-state index contributed by atoms with van der Waals surface area (Å²) in [5.41, 5.74) is 2.56. The maximum Gasteiger partial charge on any atom is 0.305 e. The highest BCUT2D eigenvalue weighted by molar-refractivity contribution is 7.80. The molecule has 134 valence electrons. The monoisotopic (exact) mass is 351 g/mol. The Labute approximate surface area is 150 Å². The number of hydrogen-bond donors (Lipinski definition) is 2. The molecular weight excluding hydrogens is 322 g/mol. The summed E-state index contributed by atoms with van der Waals surface area (Å²) < 4.78 is 4.61. The summed E-state index contributed by atoms with van der Waals surface area (Å²) in [6.07, 6.45) is 3.31. The van der Waals surface area contributed by atoms with Crippen molar-refractivity contribution in [2.45, 2.75) is 38.8 Å². The number of unbranched alkanes of at least 4 members (excludes halogenated alkanes) is 2. The summed E-state index contributed by atoms with van der Waals surface area (Å²) in [4.78, 5) is 13.2. The molecule has 0 aliphatic rings. The number of nitrogens with zero attached hydrogens (tertiary/aromatic N) is 1. The third-order valence-corrected chi connectivity index (χ3v) is 3.90. The summed E-state index contributed by atoms with van der Waals surface area (Å²) in [5.74, 6) is -0.142. The van der Waals surface area contributed by atoms with Crippen LogP contribution < -0.4 is 10.6 Å². The topological polar surface area (TPSA) is 53.6 Å². The van der Waals surface area contributed by atoms with Gasteiger partial charge in [-0.2, -0.15) is 0 Å². The SMILES string of the molecule is COC(=O)CCCCCNC(=S)NCc1ccccc1CN(C)C. The van der Waals surface area contributed by atoms with Crippen LogP contribution in [0.25, 0.3) is 0 Å². The average Bonchev–Trinajstić information content (AvgIpc) is 2.56. The van der Waals surface area contributed by atoms with Gasteiger partial charge in [-0.3, -0.25) is 4.79 Å². The van der Waals surface area contributed by atoms with Crippen molar-refractivity contribution in [2.24, 2.45) is 0 Å². The number of methoxy groups -OCH3 is 1. The van der Waals surface area contributed by atoms with E-state index in [-0.39, 0.29) is 5.97 Å². The van der Waals surface area contributed by atoms with Crippen LogP contribution in [0.3, 0.4) is 0 Å². The van der Waals surface area contributed by atoms with E-state index in [1.165, 1.54) is 18.2 Å². The molecule has 0 amide bonds. The number of nitrogens with one attached hydrogen (secondary N) is 2. The highest BCUT2D eigenvalue weighted by atomic mass is 32.1. The molecule has 0 radical (unpaired) electrons. The highest BCUT2D eigenvalue weighted by Crippen LogP contribution is 2.10. The van der Waals surface area contributed by atoms with E-state index in [2.05, 4.69) is 52.6 Å². The molecule has 0 heterocycles. The lowest BCUT2D eigenvalue weighted by molar-refractivity contribution is -0.140. The van der Waals surface area contributed by atoms with Gasteiger partial charge in [0.05, 0.1) is 7.11 Å². The first-order chi connectivity index (χ1) is 11.5. The van der Waals surface area contributed by atoms with Crippen molar-refractivity contribution in [2.75, 3.05) is 27.7 Å². The number of ether oxygens (including phenoxy) is 1. The molecule has 2 N–H and O–H groups in total. The Morgan fingerprint density at radius 3 is 2.50 bits per heavy atom. The van der Waals surface area contributed by atoms with Gasteiger partial charge in [0.25, 0.3) is 0 Å². The first-order valence-electron chi connectivity index (χ1n) is 8.33. The van der Waals surface area contributed by atoms with Gasteiger partial charge in [0.2, 0.25) is 0 Å². The van der Waals surface area contributed by atoms with E-state index in [1.54, 1.807) is 0 Å². The molecular formula is C18H29N3O2S. The largest absolute Gasteiger partial charge is 0.469 e. The average molecular weight is 352 g/mol. The number of thiocarbonyl (C=S) groups is 1. The Morgan fingerprint density at radius 2 is 1.83 bits per heavy atom. The van der Waals surface area contributed by atoms with Crippen LogP contribution in [0.5, 0.6) is 0 Å². The molecule has 0 atom stereocenters. The summed E-state index contributed by atoms with van der Waals surface area (Å²) in [7, 11) is 5.55. The van der Waals surface area contributed by atoms with Crippen LogP contribution in [-0.2, 0) is 22.6 Å². The molecule has 0 unspecified atom stereocenters. The maximum absolute atomic E-state index is 11.0. The van der Waals surface area contributed by atoms with E-state index < -0.39 is 0 Å². The van der Waals surface area contributed by atoms with E-state index in [0.29, 0.717) is 11.5 Å². The van der Waals surface area contributed by atoms with E-state index in [0.717, 1.165) is 38.9 Å². The first kappa shape index (κ1) is 20.4. The first-order valence-corrected chi connectivity index (χ1v) is 8.73. The van der Waals surface area contributed by atoms with E-state index >= 15 is 0 Å². The summed E-state index contributed by atoms with van der Waals surface area (Å²) in [6.45, 7) is 2.45. The molecule has 6 heteroatoms. The zero-order valence-corrected chi connectivity index (χ0v) is 15.7. The van der Waals surface area contributed by atoms with Crippen LogP contribution in [0.2, 0.25) is 0 Å². The van der Waals surface area contributed by atoms with Crippen LogP contribution in [-0.4, -0.2) is 43.7 Å². The quantitative estimate of drug-likeness (QED) is 0.384. The van der Waals surface area contributed by atoms with Gasteiger partial charge in [-0.15, -0.1) is 0 Å². The standard InChI is InChI=1S/C18H29N3O2S/c1-21(2)14-16-10-7-6-9-15(16)13-20-18(24)19-12-8-4-5-11-17(22)23-3/h6-7,9-10H,4-5,8,11-14H2,1-3H3,(H2,19,20,24). The Balaban J connectivity index is 2.21. The predicted octanol–water partition coefficient (Wildman–Crippen LogP) is 2.45.